The zero-order valence-electron chi connectivity index (χ0n) is 44.9. The van der Waals surface area contributed by atoms with Crippen LogP contribution in [-0.4, -0.2) is 180 Å². The van der Waals surface area contributed by atoms with Gasteiger partial charge in [-0.3, -0.25) is 29.2 Å². The Morgan fingerprint density at radius 2 is 1.66 bits per heavy atom. The summed E-state index contributed by atoms with van der Waals surface area (Å²) in [5.74, 6) is 10.2. The third kappa shape index (κ3) is 11.3. The lowest BCUT2D eigenvalue weighted by molar-refractivity contribution is -0.203. The first kappa shape index (κ1) is 52.6. The molecule has 1 aliphatic carbocycles. The van der Waals surface area contributed by atoms with Crippen LogP contribution >= 0.6 is 22.9 Å². The van der Waals surface area contributed by atoms with Crippen LogP contribution in [0.25, 0.3) is 11.0 Å². The zero-order valence-corrected chi connectivity index (χ0v) is 46.4. The number of aryl methyl sites for hydroxylation is 2. The average molecular weight is 1090 g/mol. The SMILES string of the molecule is Cc1sc(CN2CCCC2c2nnc3n2CCCCC3)nc1C#CCN1CCN(CC23CCC(C(=O)N4CCN(CC[C@H](NC(=O)C5(N)CCN(c6ncnc7[nH]ccc67)CC5)c5ccc(Cl)cc5)CC4)(CC2)CO3)CC1. The highest BCUT2D eigenvalue weighted by atomic mass is 35.5. The van der Waals surface area contributed by atoms with Gasteiger partial charge in [-0.25, -0.2) is 15.0 Å². The van der Waals surface area contributed by atoms with Crippen molar-refractivity contribution in [3.8, 4) is 11.8 Å². The van der Waals surface area contributed by atoms with Crippen molar-refractivity contribution in [1.82, 2.24) is 64.5 Å². The predicted molar refractivity (Wildman–Crippen MR) is 298 cm³/mol. The molecule has 5 aromatic rings. The molecule has 7 fully saturated rings. The van der Waals surface area contributed by atoms with Gasteiger partial charge in [0.1, 0.15) is 40.1 Å². The molecular formula is C57H76ClN15O3S. The molecule has 410 valence electrons. The molecule has 7 aliphatic heterocycles. The normalized spacial score (nSPS) is 25.8. The number of likely N-dealkylation sites (tertiary alicyclic amines) is 1. The quantitative estimate of drug-likeness (QED) is 0.115. The van der Waals surface area contributed by atoms with Crippen LogP contribution in [0.2, 0.25) is 5.02 Å². The monoisotopic (exact) mass is 1090 g/mol. The largest absolute Gasteiger partial charge is 0.373 e. The Labute approximate surface area is 461 Å². The molecule has 1 saturated carbocycles. The van der Waals surface area contributed by atoms with Crippen LogP contribution in [0.1, 0.15) is 122 Å². The maximum Gasteiger partial charge on any atom is 0.240 e. The minimum absolute atomic E-state index is 0.136. The number of aromatic nitrogens is 7. The number of benzene rings is 1. The lowest BCUT2D eigenvalue weighted by atomic mass is 9.65. The highest BCUT2D eigenvalue weighted by molar-refractivity contribution is 7.11. The van der Waals surface area contributed by atoms with E-state index in [-0.39, 0.29) is 23.5 Å². The molecule has 8 aliphatic rings. The lowest BCUT2D eigenvalue weighted by Crippen LogP contribution is -2.63. The Morgan fingerprint density at radius 1 is 0.883 bits per heavy atom. The third-order valence-electron chi connectivity index (χ3n) is 18.4. The molecule has 6 saturated heterocycles. The number of nitrogens with one attached hydrogen (secondary N) is 2. The molecule has 20 heteroatoms. The van der Waals surface area contributed by atoms with Gasteiger partial charge in [0.05, 0.1) is 53.7 Å². The van der Waals surface area contributed by atoms with Gasteiger partial charge in [-0.1, -0.05) is 36.1 Å². The van der Waals surface area contributed by atoms with E-state index in [1.807, 2.05) is 36.5 Å². The van der Waals surface area contributed by atoms with Crippen molar-refractivity contribution < 1.29 is 14.3 Å². The summed E-state index contributed by atoms with van der Waals surface area (Å²) >= 11 is 8.09. The number of fused-ring (bicyclic) bond motifs is 5. The molecule has 0 spiro atoms. The predicted octanol–water partition coefficient (Wildman–Crippen LogP) is 5.72. The Balaban J connectivity index is 0.572. The van der Waals surface area contributed by atoms with E-state index in [0.717, 1.165) is 156 Å². The van der Waals surface area contributed by atoms with E-state index in [2.05, 4.69) is 78.1 Å². The van der Waals surface area contributed by atoms with Crippen molar-refractivity contribution in [2.24, 2.45) is 11.1 Å². The molecule has 4 aromatic heterocycles. The number of piperidine rings is 1. The first-order valence-electron chi connectivity index (χ1n) is 28.6. The third-order valence-corrected chi connectivity index (χ3v) is 19.6. The van der Waals surface area contributed by atoms with Crippen molar-refractivity contribution in [3.63, 3.8) is 0 Å². The molecule has 1 unspecified atom stereocenters. The summed E-state index contributed by atoms with van der Waals surface area (Å²) in [5.41, 5.74) is 8.03. The number of nitrogens with zero attached hydrogens (tertiary/aromatic N) is 12. The first-order chi connectivity index (χ1) is 37.5. The fourth-order valence-corrected chi connectivity index (χ4v) is 14.5. The number of carbonyl (C=O) groups excluding carboxylic acids is 2. The van der Waals surface area contributed by atoms with Crippen molar-refractivity contribution in [2.75, 3.05) is 103 Å². The molecule has 2 bridgehead atoms. The lowest BCUT2D eigenvalue weighted by Gasteiger charge is -2.55. The number of carbonyl (C=O) groups is 2. The van der Waals surface area contributed by atoms with Crippen molar-refractivity contribution in [1.29, 1.82) is 0 Å². The van der Waals surface area contributed by atoms with Crippen molar-refractivity contribution in [3.05, 3.63) is 80.7 Å². The number of nitrogens with two attached hydrogens (primary N) is 1. The zero-order chi connectivity index (χ0) is 52.6. The fraction of sp³-hybridized carbons (Fsp3) is 0.632. The van der Waals surface area contributed by atoms with Crippen LogP contribution in [0.15, 0.2) is 42.9 Å². The van der Waals surface area contributed by atoms with Crippen LogP contribution in [0.4, 0.5) is 5.82 Å². The van der Waals surface area contributed by atoms with E-state index in [0.29, 0.717) is 63.1 Å². The highest BCUT2D eigenvalue weighted by Gasteiger charge is 2.55. The van der Waals surface area contributed by atoms with E-state index in [1.54, 1.807) is 17.7 Å². The van der Waals surface area contributed by atoms with E-state index in [4.69, 9.17) is 32.2 Å². The van der Waals surface area contributed by atoms with E-state index in [9.17, 15) is 9.59 Å². The summed E-state index contributed by atoms with van der Waals surface area (Å²) in [6.45, 7) is 16.2. The van der Waals surface area contributed by atoms with Gasteiger partial charge >= 0.3 is 0 Å². The van der Waals surface area contributed by atoms with Gasteiger partial charge in [0.2, 0.25) is 11.8 Å². The summed E-state index contributed by atoms with van der Waals surface area (Å²) < 4.78 is 9.19. The van der Waals surface area contributed by atoms with Crippen LogP contribution in [-0.2, 0) is 33.8 Å². The van der Waals surface area contributed by atoms with E-state index < -0.39 is 11.0 Å². The average Bonchev–Trinajstić information content (AvgIpc) is 4.31. The molecule has 2 atom stereocenters. The van der Waals surface area contributed by atoms with Gasteiger partial charge in [-0.2, -0.15) is 0 Å². The maximum atomic E-state index is 14.4. The summed E-state index contributed by atoms with van der Waals surface area (Å²) in [4.78, 5) is 61.0. The summed E-state index contributed by atoms with van der Waals surface area (Å²) in [6.07, 6.45) is 15.8. The minimum Gasteiger partial charge on any atom is -0.373 e. The molecular weight excluding hydrogens is 1010 g/mol. The van der Waals surface area contributed by atoms with Crippen LogP contribution in [0.5, 0.6) is 0 Å². The number of ether oxygens (including phenoxy) is 1. The maximum absolute atomic E-state index is 14.4. The second-order valence-electron chi connectivity index (χ2n) is 23.3. The molecule has 13 rings (SSSR count). The molecule has 0 radical (unpaired) electrons. The van der Waals surface area contributed by atoms with Gasteiger partial charge in [0.25, 0.3) is 0 Å². The summed E-state index contributed by atoms with van der Waals surface area (Å²) in [6, 6.07) is 9.79. The van der Waals surface area contributed by atoms with Crippen LogP contribution in [0, 0.1) is 24.2 Å². The molecule has 18 nitrogen and oxygen atoms in total. The highest BCUT2D eigenvalue weighted by Crippen LogP contribution is 2.50. The minimum atomic E-state index is -1.00. The first-order valence-corrected chi connectivity index (χ1v) is 29.8. The number of aromatic amines is 1. The number of anilines is 1. The number of amides is 2. The second-order valence-corrected chi connectivity index (χ2v) is 25.0. The smallest absolute Gasteiger partial charge is 0.240 e. The number of halogens is 1. The molecule has 77 heavy (non-hydrogen) atoms. The Morgan fingerprint density at radius 3 is 2.44 bits per heavy atom. The number of rotatable bonds is 14. The van der Waals surface area contributed by atoms with Crippen molar-refractivity contribution >= 4 is 51.6 Å². The van der Waals surface area contributed by atoms with Crippen LogP contribution < -0.4 is 16.0 Å². The topological polar surface area (TPSA) is 186 Å². The Bertz CT molecular complexity index is 2920. The Kier molecular flexibility index (Phi) is 15.5. The molecule has 4 N–H and O–H groups in total. The number of hydrogen-bond acceptors (Lipinski definition) is 15. The van der Waals surface area contributed by atoms with Crippen LogP contribution in [0.3, 0.4) is 0 Å². The van der Waals surface area contributed by atoms with Gasteiger partial charge in [-0.15, -0.1) is 21.5 Å². The number of H-pyrrole nitrogens is 1. The van der Waals surface area contributed by atoms with Gasteiger partial charge in [0.15, 0.2) is 0 Å². The standard InChI is InChI=1S/C57H76ClN15O3S/c1-41-45(63-49(77-41)37-72-24-6-8-47(72)52-66-65-48-9-3-2-4-25-73(48)52)7-5-23-67-29-31-69(32-30-67)38-56-18-16-55(17-19-56,39-76-56)54(75)71-35-33-68(34-36-71)26-15-46(42-10-12-43(58)13-11-42)64-53(74)57(59)20-27-70(28-21-57)51-44-14-22-60-50(44)61-40-62-51/h10-14,22,40,46-47H,2-4,6,8-9,15-21,23-39,59H2,1H3,(H,64,74)(H,60,61,62)/t46-,47?,55?,56?/m0/s1. The molecule has 11 heterocycles. The van der Waals surface area contributed by atoms with E-state index >= 15 is 0 Å². The fourth-order valence-electron chi connectivity index (χ4n) is 13.5. The number of hydrogen-bond donors (Lipinski definition) is 3. The Hall–Kier alpha value is -5.04. The van der Waals surface area contributed by atoms with E-state index in [1.165, 1.54) is 36.4 Å². The molecule has 1 aromatic carbocycles. The van der Waals surface area contributed by atoms with Gasteiger partial charge in [0, 0.05) is 108 Å². The molecule has 2 amide bonds. The summed E-state index contributed by atoms with van der Waals surface area (Å²) in [7, 11) is 0. The van der Waals surface area contributed by atoms with Gasteiger partial charge < -0.3 is 35.1 Å². The van der Waals surface area contributed by atoms with Gasteiger partial charge in [-0.05, 0) is 114 Å². The summed E-state index contributed by atoms with van der Waals surface area (Å²) in [5, 5.41) is 15.4. The number of piperazine rings is 2. The second kappa shape index (κ2) is 22.6. The number of thiazole rings is 1. The van der Waals surface area contributed by atoms with Crippen molar-refractivity contribution in [2.45, 2.75) is 127 Å².